The quantitative estimate of drug-likeness (QED) is 0.820. The topological polar surface area (TPSA) is 52.3 Å². The van der Waals surface area contributed by atoms with Gasteiger partial charge in [-0.15, -0.1) is 11.3 Å². The average Bonchev–Trinajstić information content (AvgIpc) is 2.74. The number of ether oxygens (including phenoxy) is 1. The third-order valence-electron chi connectivity index (χ3n) is 3.24. The molecule has 0 bridgehead atoms. The number of halogens is 1. The van der Waals surface area contributed by atoms with E-state index >= 15 is 0 Å². The Morgan fingerprint density at radius 2 is 2.00 bits per heavy atom. The van der Waals surface area contributed by atoms with Gasteiger partial charge in [-0.05, 0) is 41.7 Å². The molecule has 112 valence electrons. The zero-order valence-corrected chi connectivity index (χ0v) is 14.1. The van der Waals surface area contributed by atoms with Crippen LogP contribution in [0.1, 0.15) is 40.6 Å². The van der Waals surface area contributed by atoms with Gasteiger partial charge in [-0.2, -0.15) is 0 Å². The number of aryl methyl sites for hydroxylation is 1. The maximum absolute atomic E-state index is 11.9. The smallest absolute Gasteiger partial charge is 0.350 e. The highest BCUT2D eigenvalue weighted by atomic mass is 35.5. The lowest BCUT2D eigenvalue weighted by Gasteiger charge is -2.10. The molecule has 3 nitrogen and oxygen atoms in total. The van der Waals surface area contributed by atoms with Crippen molar-refractivity contribution in [2.45, 2.75) is 26.7 Å². The summed E-state index contributed by atoms with van der Waals surface area (Å²) in [5.41, 5.74) is 9.70. The van der Waals surface area contributed by atoms with Crippen LogP contribution in [0.5, 0.6) is 0 Å². The standard InChI is InChI=1S/C16H18ClNO2S/c1-8(2)12-13(18)15(16(19)20-4)21-14(12)10-5-9(3)6-11(17)7-10/h5-8H,18H2,1-4H3. The predicted molar refractivity (Wildman–Crippen MR) is 89.3 cm³/mol. The Morgan fingerprint density at radius 3 is 2.52 bits per heavy atom. The molecule has 0 radical (unpaired) electrons. The lowest BCUT2D eigenvalue weighted by Crippen LogP contribution is -2.03. The minimum atomic E-state index is -0.399. The van der Waals surface area contributed by atoms with Crippen LogP contribution in [-0.4, -0.2) is 13.1 Å². The van der Waals surface area contributed by atoms with Crippen molar-refractivity contribution in [3.05, 3.63) is 39.2 Å². The summed E-state index contributed by atoms with van der Waals surface area (Å²) in [5, 5.41) is 0.672. The molecular weight excluding hydrogens is 306 g/mol. The minimum Gasteiger partial charge on any atom is -0.465 e. The van der Waals surface area contributed by atoms with Gasteiger partial charge >= 0.3 is 5.97 Å². The van der Waals surface area contributed by atoms with Gasteiger partial charge in [-0.3, -0.25) is 0 Å². The first kappa shape index (κ1) is 15.9. The maximum atomic E-state index is 11.9. The van der Waals surface area contributed by atoms with Gasteiger partial charge in [0.25, 0.3) is 0 Å². The highest BCUT2D eigenvalue weighted by Crippen LogP contribution is 2.43. The number of esters is 1. The van der Waals surface area contributed by atoms with Gasteiger partial charge < -0.3 is 10.5 Å². The third-order valence-corrected chi connectivity index (χ3v) is 4.70. The van der Waals surface area contributed by atoms with Gasteiger partial charge in [0, 0.05) is 9.90 Å². The van der Waals surface area contributed by atoms with E-state index in [2.05, 4.69) is 13.8 Å². The Labute approximate surface area is 133 Å². The molecule has 2 rings (SSSR count). The number of carbonyl (C=O) groups is 1. The van der Waals surface area contributed by atoms with Crippen LogP contribution in [0.2, 0.25) is 5.02 Å². The van der Waals surface area contributed by atoms with E-state index in [-0.39, 0.29) is 5.92 Å². The molecular formula is C16H18ClNO2S. The van der Waals surface area contributed by atoms with E-state index in [0.29, 0.717) is 15.6 Å². The first-order chi connectivity index (χ1) is 9.85. The number of nitrogen functional groups attached to an aromatic ring is 1. The molecule has 0 unspecified atom stereocenters. The van der Waals surface area contributed by atoms with Crippen LogP contribution >= 0.6 is 22.9 Å². The molecule has 2 N–H and O–H groups in total. The molecule has 0 atom stereocenters. The molecule has 0 amide bonds. The van der Waals surface area contributed by atoms with E-state index in [1.54, 1.807) is 0 Å². The van der Waals surface area contributed by atoms with Crippen molar-refractivity contribution >= 4 is 34.6 Å². The fraction of sp³-hybridized carbons (Fsp3) is 0.312. The largest absolute Gasteiger partial charge is 0.465 e. The van der Waals surface area contributed by atoms with E-state index in [1.807, 2.05) is 25.1 Å². The van der Waals surface area contributed by atoms with Crippen molar-refractivity contribution < 1.29 is 9.53 Å². The van der Waals surface area contributed by atoms with Gasteiger partial charge in [0.2, 0.25) is 0 Å². The molecule has 0 saturated heterocycles. The lowest BCUT2D eigenvalue weighted by atomic mass is 9.97. The fourth-order valence-electron chi connectivity index (χ4n) is 2.36. The number of anilines is 1. The molecule has 0 aliphatic rings. The Balaban J connectivity index is 2.70. The molecule has 0 aliphatic heterocycles. The molecule has 0 saturated carbocycles. The molecule has 0 aliphatic carbocycles. The summed E-state index contributed by atoms with van der Waals surface area (Å²) in [4.78, 5) is 13.3. The van der Waals surface area contributed by atoms with E-state index in [9.17, 15) is 4.79 Å². The minimum absolute atomic E-state index is 0.203. The molecule has 21 heavy (non-hydrogen) atoms. The second-order valence-electron chi connectivity index (χ2n) is 5.25. The Hall–Kier alpha value is -1.52. The molecule has 1 aromatic carbocycles. The molecule has 1 aromatic heterocycles. The Kier molecular flexibility index (Phi) is 4.59. The number of benzene rings is 1. The zero-order valence-electron chi connectivity index (χ0n) is 12.5. The van der Waals surface area contributed by atoms with Gasteiger partial charge in [0.15, 0.2) is 0 Å². The van der Waals surface area contributed by atoms with E-state index in [0.717, 1.165) is 21.6 Å². The Morgan fingerprint density at radius 1 is 1.33 bits per heavy atom. The number of nitrogens with two attached hydrogens (primary N) is 1. The number of thiophene rings is 1. The van der Waals surface area contributed by atoms with Crippen molar-refractivity contribution in [3.63, 3.8) is 0 Å². The summed E-state index contributed by atoms with van der Waals surface area (Å²) in [6.07, 6.45) is 0. The number of hydrogen-bond acceptors (Lipinski definition) is 4. The molecule has 5 heteroatoms. The average molecular weight is 324 g/mol. The molecule has 0 spiro atoms. The second-order valence-corrected chi connectivity index (χ2v) is 6.71. The summed E-state index contributed by atoms with van der Waals surface area (Å²) >= 11 is 7.51. The first-order valence-electron chi connectivity index (χ1n) is 6.63. The SMILES string of the molecule is COC(=O)c1sc(-c2cc(C)cc(Cl)c2)c(C(C)C)c1N. The van der Waals surface area contributed by atoms with Crippen LogP contribution in [0.4, 0.5) is 5.69 Å². The van der Waals surface area contributed by atoms with Gasteiger partial charge in [-0.1, -0.05) is 31.5 Å². The summed E-state index contributed by atoms with van der Waals surface area (Å²) in [5.74, 6) is -0.196. The van der Waals surface area contributed by atoms with E-state index < -0.39 is 5.97 Å². The Bertz CT molecular complexity index is 672. The number of hydrogen-bond donors (Lipinski definition) is 1. The van der Waals surface area contributed by atoms with E-state index in [1.165, 1.54) is 18.4 Å². The predicted octanol–water partition coefficient (Wildman–Crippen LogP) is 4.87. The van der Waals surface area contributed by atoms with Crippen molar-refractivity contribution in [2.75, 3.05) is 12.8 Å². The summed E-state index contributed by atoms with van der Waals surface area (Å²) in [7, 11) is 1.36. The summed E-state index contributed by atoms with van der Waals surface area (Å²) in [6.45, 7) is 6.10. The highest BCUT2D eigenvalue weighted by molar-refractivity contribution is 7.18. The summed E-state index contributed by atoms with van der Waals surface area (Å²) < 4.78 is 4.81. The monoisotopic (exact) mass is 323 g/mol. The van der Waals surface area contributed by atoms with Gasteiger partial charge in [-0.25, -0.2) is 4.79 Å². The number of carbonyl (C=O) groups excluding carboxylic acids is 1. The van der Waals surface area contributed by atoms with Gasteiger partial charge in [0.1, 0.15) is 4.88 Å². The third kappa shape index (κ3) is 3.06. The first-order valence-corrected chi connectivity index (χ1v) is 7.82. The van der Waals surface area contributed by atoms with Crippen LogP contribution in [0.15, 0.2) is 18.2 Å². The second kappa shape index (κ2) is 6.08. The van der Waals surface area contributed by atoms with Crippen LogP contribution < -0.4 is 5.73 Å². The van der Waals surface area contributed by atoms with Gasteiger partial charge in [0.05, 0.1) is 12.8 Å². The van der Waals surface area contributed by atoms with Crippen LogP contribution in [0, 0.1) is 6.92 Å². The zero-order chi connectivity index (χ0) is 15.7. The van der Waals surface area contributed by atoms with Crippen LogP contribution in [-0.2, 0) is 4.74 Å². The number of methoxy groups -OCH3 is 1. The maximum Gasteiger partial charge on any atom is 0.350 e. The lowest BCUT2D eigenvalue weighted by molar-refractivity contribution is 0.0607. The highest BCUT2D eigenvalue weighted by Gasteiger charge is 2.24. The van der Waals surface area contributed by atoms with Crippen molar-refractivity contribution in [2.24, 2.45) is 0 Å². The fourth-order valence-corrected chi connectivity index (χ4v) is 3.93. The van der Waals surface area contributed by atoms with Crippen molar-refractivity contribution in [1.29, 1.82) is 0 Å². The summed E-state index contributed by atoms with van der Waals surface area (Å²) in [6, 6.07) is 5.84. The molecule has 1 heterocycles. The van der Waals surface area contributed by atoms with Crippen LogP contribution in [0.25, 0.3) is 10.4 Å². The van der Waals surface area contributed by atoms with Crippen molar-refractivity contribution in [1.82, 2.24) is 0 Å². The normalized spacial score (nSPS) is 11.0. The van der Waals surface area contributed by atoms with E-state index in [4.69, 9.17) is 22.1 Å². The van der Waals surface area contributed by atoms with Crippen LogP contribution in [0.3, 0.4) is 0 Å². The number of rotatable bonds is 3. The molecule has 0 fully saturated rings. The van der Waals surface area contributed by atoms with Crippen molar-refractivity contribution in [3.8, 4) is 10.4 Å². The molecule has 2 aromatic rings.